The number of aromatic hydroxyl groups is 1. The molecule has 0 spiro atoms. The Morgan fingerprint density at radius 3 is 2.36 bits per heavy atom. The Morgan fingerprint density at radius 2 is 1.71 bits per heavy atom. The van der Waals surface area contributed by atoms with Crippen LogP contribution in [0, 0.1) is 11.8 Å². The van der Waals surface area contributed by atoms with Gasteiger partial charge in [-0.3, -0.25) is 14.4 Å². The van der Waals surface area contributed by atoms with E-state index in [9.17, 15) is 34.5 Å². The number of nitrogens with one attached hydrogen (secondary N) is 2. The van der Waals surface area contributed by atoms with E-state index < -0.39 is 78.2 Å². The van der Waals surface area contributed by atoms with Gasteiger partial charge in [0.1, 0.15) is 35.7 Å². The van der Waals surface area contributed by atoms with E-state index in [4.69, 9.17) is 18.9 Å². The Labute approximate surface area is 327 Å². The second-order valence-electron chi connectivity index (χ2n) is 16.3. The third kappa shape index (κ3) is 10.2. The molecule has 13 heteroatoms. The summed E-state index contributed by atoms with van der Waals surface area (Å²) in [5.74, 6) is -2.68. The number of allylic oxidation sites excluding steroid dienone is 1. The highest BCUT2D eigenvalue weighted by Gasteiger charge is 2.64. The van der Waals surface area contributed by atoms with Crippen molar-refractivity contribution in [2.45, 2.75) is 127 Å². The predicted octanol–water partition coefficient (Wildman–Crippen LogP) is 4.27. The lowest BCUT2D eigenvalue weighted by atomic mass is 9.91. The van der Waals surface area contributed by atoms with E-state index in [2.05, 4.69) is 10.6 Å². The molecule has 3 aliphatic carbocycles. The molecule has 1 aliphatic heterocycles. The van der Waals surface area contributed by atoms with Gasteiger partial charge in [0.15, 0.2) is 5.79 Å². The van der Waals surface area contributed by atoms with Gasteiger partial charge in [-0.1, -0.05) is 42.5 Å². The van der Waals surface area contributed by atoms with Crippen LogP contribution >= 0.6 is 0 Å². The minimum absolute atomic E-state index is 0.0308. The molecule has 2 aromatic carbocycles. The second-order valence-corrected chi connectivity index (χ2v) is 16.3. The first kappa shape index (κ1) is 41.1. The first-order valence-electron chi connectivity index (χ1n) is 19.6. The van der Waals surface area contributed by atoms with Gasteiger partial charge in [0, 0.05) is 30.3 Å². The van der Waals surface area contributed by atoms with Crippen molar-refractivity contribution in [3.8, 4) is 5.75 Å². The summed E-state index contributed by atoms with van der Waals surface area (Å²) in [7, 11) is 0. The summed E-state index contributed by atoms with van der Waals surface area (Å²) < 4.78 is 24.8. The molecule has 6 atom stereocenters. The van der Waals surface area contributed by atoms with Gasteiger partial charge in [-0.15, -0.1) is 0 Å². The smallest absolute Gasteiger partial charge is 0.338 e. The number of benzene rings is 2. The van der Waals surface area contributed by atoms with Crippen LogP contribution in [-0.2, 0) is 39.8 Å². The highest BCUT2D eigenvalue weighted by Crippen LogP contribution is 2.59. The Morgan fingerprint density at radius 1 is 1.00 bits per heavy atom. The zero-order valence-electron chi connectivity index (χ0n) is 32.4. The van der Waals surface area contributed by atoms with E-state index in [1.807, 2.05) is 30.4 Å². The van der Waals surface area contributed by atoms with Crippen molar-refractivity contribution < 1.29 is 53.4 Å². The molecule has 56 heavy (non-hydrogen) atoms. The van der Waals surface area contributed by atoms with Crippen LogP contribution in [0.3, 0.4) is 0 Å². The van der Waals surface area contributed by atoms with Crippen molar-refractivity contribution in [1.82, 2.24) is 10.6 Å². The summed E-state index contributed by atoms with van der Waals surface area (Å²) in [5.41, 5.74) is 1.35. The van der Waals surface area contributed by atoms with Crippen LogP contribution < -0.4 is 10.6 Å². The van der Waals surface area contributed by atoms with Crippen molar-refractivity contribution in [2.75, 3.05) is 6.61 Å². The highest BCUT2D eigenvalue weighted by molar-refractivity contribution is 5.98. The largest absolute Gasteiger partial charge is 0.508 e. The summed E-state index contributed by atoms with van der Waals surface area (Å²) in [6.07, 6.45) is 6.16. The van der Waals surface area contributed by atoms with Gasteiger partial charge >= 0.3 is 11.9 Å². The van der Waals surface area contributed by atoms with E-state index in [0.29, 0.717) is 12.0 Å². The molecule has 0 aromatic heterocycles. The Kier molecular flexibility index (Phi) is 12.7. The number of aliphatic hydroxyl groups is 2. The fraction of sp³-hybridized carbons (Fsp3) is 0.535. The number of ether oxygens (including phenoxy) is 4. The first-order valence-corrected chi connectivity index (χ1v) is 19.6. The molecular formula is C43H54N2O11. The van der Waals surface area contributed by atoms with Crippen molar-refractivity contribution in [3.05, 3.63) is 82.9 Å². The fourth-order valence-corrected chi connectivity index (χ4v) is 7.37. The number of phenols is 1. The van der Waals surface area contributed by atoms with Crippen molar-refractivity contribution >= 4 is 29.8 Å². The zero-order chi connectivity index (χ0) is 40.2. The monoisotopic (exact) mass is 774 g/mol. The molecule has 2 amide bonds. The van der Waals surface area contributed by atoms with E-state index in [1.54, 1.807) is 57.2 Å². The fourth-order valence-electron chi connectivity index (χ4n) is 7.37. The topological polar surface area (TPSA) is 190 Å². The molecule has 1 saturated heterocycles. The molecule has 3 fully saturated rings. The molecule has 0 radical (unpaired) electrons. The third-order valence-corrected chi connectivity index (χ3v) is 10.5. The number of hydrogen-bond acceptors (Lipinski definition) is 11. The summed E-state index contributed by atoms with van der Waals surface area (Å²) in [6, 6.07) is 11.8. The lowest BCUT2D eigenvalue weighted by Gasteiger charge is -2.31. The van der Waals surface area contributed by atoms with Crippen LogP contribution in [0.15, 0.2) is 66.3 Å². The number of aliphatic hydroxyl groups excluding tert-OH is 2. The first-order chi connectivity index (χ1) is 26.7. The molecule has 2 aromatic rings. The molecule has 4 aliphatic rings. The van der Waals surface area contributed by atoms with Gasteiger partial charge in [0.2, 0.25) is 11.8 Å². The number of rotatable bonds is 16. The normalized spacial score (nSPS) is 23.3. The molecule has 6 rings (SSSR count). The lowest BCUT2D eigenvalue weighted by molar-refractivity contribution is -0.209. The molecule has 2 saturated carbocycles. The maximum Gasteiger partial charge on any atom is 0.338 e. The second kappa shape index (κ2) is 17.3. The van der Waals surface area contributed by atoms with Crippen molar-refractivity contribution in [1.29, 1.82) is 0 Å². The SMILES string of the molecule is C[C@H](O)[C@@H](NC(=O)C1=C[C@H]2OC(C3CC3)(C3CC3)O[C@H]2[C@H](OC(=O)c2cccc(C=CCc3ccccc3O)c2)C1)C(=O)N[C@H](CO)CCC(=O)OC(C)(C)C. The molecular weight excluding hydrogens is 720 g/mol. The average molecular weight is 775 g/mol. The Hall–Kier alpha value is -4.56. The van der Waals surface area contributed by atoms with Crippen molar-refractivity contribution in [2.24, 2.45) is 11.8 Å². The van der Waals surface area contributed by atoms with Gasteiger partial charge in [0.25, 0.3) is 0 Å². The molecule has 5 N–H and O–H groups in total. The van der Waals surface area contributed by atoms with E-state index >= 15 is 0 Å². The summed E-state index contributed by atoms with van der Waals surface area (Å²) >= 11 is 0. The number of carbonyl (C=O) groups is 4. The number of para-hydroxylation sites is 1. The minimum Gasteiger partial charge on any atom is -0.508 e. The van der Waals surface area contributed by atoms with E-state index in [-0.39, 0.29) is 42.4 Å². The van der Waals surface area contributed by atoms with Gasteiger partial charge < -0.3 is 44.9 Å². The van der Waals surface area contributed by atoms with Crippen molar-refractivity contribution in [3.63, 3.8) is 0 Å². The Bertz CT molecular complexity index is 1810. The molecule has 0 unspecified atom stereocenters. The average Bonchev–Trinajstić information content (AvgIpc) is 4.10. The van der Waals surface area contributed by atoms with E-state index in [0.717, 1.165) is 36.8 Å². The highest BCUT2D eigenvalue weighted by atomic mass is 16.8. The van der Waals surface area contributed by atoms with Gasteiger partial charge in [-0.05, 0) is 102 Å². The molecule has 1 heterocycles. The number of phenolic OH excluding ortho intramolecular Hbond substituents is 1. The van der Waals surface area contributed by atoms with Crippen LogP contribution in [0.25, 0.3) is 6.08 Å². The molecule has 13 nitrogen and oxygen atoms in total. The van der Waals surface area contributed by atoms with Gasteiger partial charge in [0.05, 0.1) is 24.3 Å². The predicted molar refractivity (Wildman–Crippen MR) is 205 cm³/mol. The van der Waals surface area contributed by atoms with Crippen LogP contribution in [0.5, 0.6) is 5.75 Å². The summed E-state index contributed by atoms with van der Waals surface area (Å²) in [4.78, 5) is 53.2. The number of hydrogen-bond donors (Lipinski definition) is 5. The summed E-state index contributed by atoms with van der Waals surface area (Å²) in [5, 5.41) is 35.9. The Balaban J connectivity index is 1.15. The minimum atomic E-state index is -1.41. The number of amides is 2. The quantitative estimate of drug-likeness (QED) is 0.153. The van der Waals surface area contributed by atoms with Crippen LogP contribution in [0.4, 0.5) is 0 Å². The zero-order valence-corrected chi connectivity index (χ0v) is 32.4. The maximum absolute atomic E-state index is 13.9. The standard InChI is InChI=1S/C43H54N2O11/c1-25(47)37(40(51)44-32(24-46)19-20-36(49)55-42(2,3)4)45-39(50)29-22-34(38-35(23-29)54-43(56-38,30-15-16-30)31-17-18-31)53-41(52)28-13-8-10-26(21-28)9-7-12-27-11-5-6-14-33(27)48/h5-11,13-14,21,23,25,30-32,34-35,37-38,46-48H,12,15-20,22,24H2,1-4H3,(H,44,51)(H,45,50)/t25-,32-,34+,35+,37+,38-/m0/s1. The van der Waals surface area contributed by atoms with E-state index in [1.165, 1.54) is 6.92 Å². The van der Waals surface area contributed by atoms with Crippen LogP contribution in [-0.4, -0.2) is 93.6 Å². The number of carbonyl (C=O) groups excluding carboxylic acids is 4. The summed E-state index contributed by atoms with van der Waals surface area (Å²) in [6.45, 7) is 6.10. The maximum atomic E-state index is 13.9. The molecule has 0 bridgehead atoms. The van der Waals surface area contributed by atoms with Gasteiger partial charge in [-0.25, -0.2) is 4.79 Å². The van der Waals surface area contributed by atoms with Crippen LogP contribution in [0.2, 0.25) is 0 Å². The number of esters is 2. The van der Waals surface area contributed by atoms with Crippen LogP contribution in [0.1, 0.15) is 94.1 Å². The lowest BCUT2D eigenvalue weighted by Crippen LogP contribution is -2.55. The molecule has 302 valence electrons. The number of fused-ring (bicyclic) bond motifs is 1. The van der Waals surface area contributed by atoms with Gasteiger partial charge in [-0.2, -0.15) is 0 Å². The third-order valence-electron chi connectivity index (χ3n) is 10.5.